The second-order valence-corrected chi connectivity index (χ2v) is 8.52. The van der Waals surface area contributed by atoms with Crippen molar-refractivity contribution in [3.05, 3.63) is 29.8 Å². The molecule has 1 aromatic rings. The first-order valence-electron chi connectivity index (χ1n) is 10.9. The maximum absolute atomic E-state index is 10.4. The molecule has 5 heteroatoms. The van der Waals surface area contributed by atoms with Crippen molar-refractivity contribution in [2.24, 2.45) is 5.92 Å². The van der Waals surface area contributed by atoms with Crippen molar-refractivity contribution in [3.63, 3.8) is 0 Å². The first-order chi connectivity index (χ1) is 13.6. The first-order valence-corrected chi connectivity index (χ1v) is 10.9. The highest BCUT2D eigenvalue weighted by Gasteiger charge is 2.21. The number of aliphatic hydroxyl groups is 1. The largest absolute Gasteiger partial charge is 0.491 e. The van der Waals surface area contributed by atoms with Gasteiger partial charge in [-0.1, -0.05) is 31.4 Å². The zero-order chi connectivity index (χ0) is 19.8. The molecular formula is C23H35N3O2. The minimum absolute atomic E-state index is 0.221. The van der Waals surface area contributed by atoms with Gasteiger partial charge in [0.1, 0.15) is 18.5 Å². The maximum Gasteiger partial charge on any atom is 0.119 e. The molecule has 0 bridgehead atoms. The molecule has 2 fully saturated rings. The summed E-state index contributed by atoms with van der Waals surface area (Å²) in [4.78, 5) is 4.70. The van der Waals surface area contributed by atoms with Gasteiger partial charge in [0, 0.05) is 25.0 Å². The summed E-state index contributed by atoms with van der Waals surface area (Å²) in [5.74, 6) is 1.04. The van der Waals surface area contributed by atoms with Gasteiger partial charge in [0.05, 0.1) is 6.07 Å². The summed E-state index contributed by atoms with van der Waals surface area (Å²) in [6, 6.07) is 11.2. The summed E-state index contributed by atoms with van der Waals surface area (Å²) >= 11 is 0. The van der Waals surface area contributed by atoms with Crippen molar-refractivity contribution >= 4 is 0 Å². The molecule has 28 heavy (non-hydrogen) atoms. The number of benzene rings is 1. The summed E-state index contributed by atoms with van der Waals surface area (Å²) in [6.45, 7) is 3.85. The minimum atomic E-state index is -0.472. The van der Waals surface area contributed by atoms with Gasteiger partial charge >= 0.3 is 0 Å². The van der Waals surface area contributed by atoms with Crippen LogP contribution >= 0.6 is 0 Å². The molecule has 0 radical (unpaired) electrons. The zero-order valence-electron chi connectivity index (χ0n) is 17.2. The van der Waals surface area contributed by atoms with E-state index in [9.17, 15) is 5.11 Å². The van der Waals surface area contributed by atoms with E-state index in [1.54, 1.807) is 0 Å². The summed E-state index contributed by atoms with van der Waals surface area (Å²) < 4.78 is 5.88. The summed E-state index contributed by atoms with van der Waals surface area (Å²) in [7, 11) is 2.12. The SMILES string of the molecule is CN(C[C@H](O)COc1cccc(CN2CCC(C#N)CC2)c1)C1CCCCC1. The molecule has 0 spiro atoms. The molecule has 0 aromatic heterocycles. The number of ether oxygens (including phenoxy) is 1. The first kappa shape index (κ1) is 21.1. The molecule has 1 aliphatic carbocycles. The van der Waals surface area contributed by atoms with E-state index in [-0.39, 0.29) is 5.92 Å². The topological polar surface area (TPSA) is 59.7 Å². The van der Waals surface area contributed by atoms with Crippen LogP contribution in [-0.2, 0) is 6.54 Å². The van der Waals surface area contributed by atoms with Crippen LogP contribution in [-0.4, -0.2) is 60.3 Å². The highest BCUT2D eigenvalue weighted by atomic mass is 16.5. The van der Waals surface area contributed by atoms with Crippen LogP contribution in [0.25, 0.3) is 0 Å². The van der Waals surface area contributed by atoms with E-state index >= 15 is 0 Å². The van der Waals surface area contributed by atoms with Crippen LogP contribution in [0, 0.1) is 17.2 Å². The highest BCUT2D eigenvalue weighted by molar-refractivity contribution is 5.28. The van der Waals surface area contributed by atoms with Crippen molar-refractivity contribution in [3.8, 4) is 11.8 Å². The molecule has 1 heterocycles. The molecule has 1 aliphatic heterocycles. The Kier molecular flexibility index (Phi) is 8.14. The van der Waals surface area contributed by atoms with E-state index in [0.29, 0.717) is 19.2 Å². The van der Waals surface area contributed by atoms with Gasteiger partial charge in [-0.25, -0.2) is 0 Å². The number of likely N-dealkylation sites (N-methyl/N-ethyl adjacent to an activating group) is 1. The number of aliphatic hydroxyl groups excluding tert-OH is 1. The Morgan fingerprint density at radius 3 is 2.68 bits per heavy atom. The van der Waals surface area contributed by atoms with Crippen LogP contribution < -0.4 is 4.74 Å². The third kappa shape index (κ3) is 6.48. The normalized spacial score (nSPS) is 20.8. The smallest absolute Gasteiger partial charge is 0.119 e. The van der Waals surface area contributed by atoms with E-state index in [1.807, 2.05) is 12.1 Å². The molecular weight excluding hydrogens is 350 g/mol. The lowest BCUT2D eigenvalue weighted by atomic mass is 9.94. The van der Waals surface area contributed by atoms with E-state index in [2.05, 4.69) is 35.0 Å². The van der Waals surface area contributed by atoms with E-state index in [0.717, 1.165) is 38.2 Å². The van der Waals surface area contributed by atoms with Gasteiger partial charge in [0.25, 0.3) is 0 Å². The van der Waals surface area contributed by atoms with Crippen LogP contribution in [0.4, 0.5) is 0 Å². The lowest BCUT2D eigenvalue weighted by Crippen LogP contribution is -2.40. The van der Waals surface area contributed by atoms with Gasteiger partial charge in [0.15, 0.2) is 0 Å². The molecule has 3 rings (SSSR count). The number of nitriles is 1. The molecule has 5 nitrogen and oxygen atoms in total. The van der Waals surface area contributed by atoms with Crippen molar-refractivity contribution in [2.75, 3.05) is 33.3 Å². The van der Waals surface area contributed by atoms with Crippen LogP contribution in [0.15, 0.2) is 24.3 Å². The summed E-state index contributed by atoms with van der Waals surface area (Å²) in [5, 5.41) is 19.4. The average Bonchev–Trinajstić information content (AvgIpc) is 2.74. The quantitative estimate of drug-likeness (QED) is 0.743. The Balaban J connectivity index is 1.42. The van der Waals surface area contributed by atoms with Crippen LogP contribution in [0.5, 0.6) is 5.75 Å². The fourth-order valence-corrected chi connectivity index (χ4v) is 4.46. The van der Waals surface area contributed by atoms with Crippen molar-refractivity contribution in [1.29, 1.82) is 5.26 Å². The second kappa shape index (κ2) is 10.8. The number of nitrogens with zero attached hydrogens (tertiary/aromatic N) is 3. The predicted octanol–water partition coefficient (Wildman–Crippen LogP) is 3.43. The summed E-state index contributed by atoms with van der Waals surface area (Å²) in [6.07, 6.45) is 7.92. The van der Waals surface area contributed by atoms with Gasteiger partial charge in [0.2, 0.25) is 0 Å². The van der Waals surface area contributed by atoms with Gasteiger partial charge in [-0.15, -0.1) is 0 Å². The Hall–Kier alpha value is -1.61. The van der Waals surface area contributed by atoms with Crippen molar-refractivity contribution < 1.29 is 9.84 Å². The number of piperidine rings is 1. The highest BCUT2D eigenvalue weighted by Crippen LogP contribution is 2.22. The Bertz CT molecular complexity index is 631. The summed E-state index contributed by atoms with van der Waals surface area (Å²) in [5.41, 5.74) is 1.22. The molecule has 0 amide bonds. The Morgan fingerprint density at radius 2 is 1.96 bits per heavy atom. The van der Waals surface area contributed by atoms with Gasteiger partial charge in [-0.2, -0.15) is 5.26 Å². The van der Waals surface area contributed by atoms with Crippen molar-refractivity contribution in [1.82, 2.24) is 9.80 Å². The molecule has 1 aromatic carbocycles. The fourth-order valence-electron chi connectivity index (χ4n) is 4.46. The Labute approximate surface area is 169 Å². The molecule has 0 unspecified atom stereocenters. The van der Waals surface area contributed by atoms with Gasteiger partial charge in [-0.3, -0.25) is 4.90 Å². The maximum atomic E-state index is 10.4. The molecule has 1 saturated carbocycles. The van der Waals surface area contributed by atoms with E-state index in [4.69, 9.17) is 10.00 Å². The van der Waals surface area contributed by atoms with E-state index in [1.165, 1.54) is 37.7 Å². The minimum Gasteiger partial charge on any atom is -0.491 e. The third-order valence-electron chi connectivity index (χ3n) is 6.21. The molecule has 1 atom stereocenters. The molecule has 154 valence electrons. The monoisotopic (exact) mass is 385 g/mol. The standard InChI is InChI=1S/C23H35N3O2/c1-25(21-7-3-2-4-8-21)17-22(27)18-28-23-9-5-6-20(14-23)16-26-12-10-19(15-24)11-13-26/h5-6,9,14,19,21-22,27H,2-4,7-8,10-13,16-18H2,1H3/t22-/m0/s1. The molecule has 1 N–H and O–H groups in total. The number of likely N-dealkylation sites (tertiary alicyclic amines) is 1. The number of hydrogen-bond donors (Lipinski definition) is 1. The number of hydrogen-bond acceptors (Lipinski definition) is 5. The molecule has 1 saturated heterocycles. The third-order valence-corrected chi connectivity index (χ3v) is 6.21. The van der Waals surface area contributed by atoms with Crippen LogP contribution in [0.3, 0.4) is 0 Å². The van der Waals surface area contributed by atoms with Crippen LogP contribution in [0.2, 0.25) is 0 Å². The number of rotatable bonds is 8. The van der Waals surface area contributed by atoms with Crippen LogP contribution in [0.1, 0.15) is 50.5 Å². The zero-order valence-corrected chi connectivity index (χ0v) is 17.2. The fraction of sp³-hybridized carbons (Fsp3) is 0.696. The second-order valence-electron chi connectivity index (χ2n) is 8.52. The van der Waals surface area contributed by atoms with E-state index < -0.39 is 6.10 Å². The predicted molar refractivity (Wildman–Crippen MR) is 111 cm³/mol. The van der Waals surface area contributed by atoms with Gasteiger partial charge in [-0.05, 0) is 63.5 Å². The van der Waals surface area contributed by atoms with Crippen molar-refractivity contribution in [2.45, 2.75) is 63.6 Å². The lowest BCUT2D eigenvalue weighted by Gasteiger charge is -2.32. The Morgan fingerprint density at radius 1 is 1.21 bits per heavy atom. The molecule has 2 aliphatic rings. The van der Waals surface area contributed by atoms with Gasteiger partial charge < -0.3 is 14.7 Å². The average molecular weight is 386 g/mol. The lowest BCUT2D eigenvalue weighted by molar-refractivity contribution is 0.0561.